The van der Waals surface area contributed by atoms with Crippen molar-refractivity contribution in [1.29, 1.82) is 0 Å². The maximum Gasteiger partial charge on any atom is 0.453 e. The molecule has 2 saturated carbocycles. The first-order chi connectivity index (χ1) is 19.3. The molecule has 1 aromatic rings. The molecule has 8 atom stereocenters. The molecule has 9 heteroatoms. The Morgan fingerprint density at radius 3 is 2.51 bits per heavy atom. The Hall–Kier alpha value is -1.22. The van der Waals surface area contributed by atoms with Gasteiger partial charge in [-0.15, -0.1) is 0 Å². The highest BCUT2D eigenvalue weighted by Gasteiger charge is 2.57. The van der Waals surface area contributed by atoms with Crippen LogP contribution in [0.1, 0.15) is 114 Å². The number of benzene rings is 1. The Morgan fingerprint density at radius 2 is 1.80 bits per heavy atom. The van der Waals surface area contributed by atoms with Crippen molar-refractivity contribution in [2.24, 2.45) is 23.2 Å². The molecule has 0 saturated heterocycles. The monoisotopic (exact) mass is 606 g/mol. The molecule has 2 unspecified atom stereocenters. The van der Waals surface area contributed by atoms with Gasteiger partial charge in [-0.3, -0.25) is 4.21 Å². The number of fused-ring (bicyclic) bond motifs is 5. The summed E-state index contributed by atoms with van der Waals surface area (Å²) in [5.74, 6) is -3.32. The van der Waals surface area contributed by atoms with Crippen molar-refractivity contribution >= 4 is 10.8 Å². The molecule has 0 heterocycles. The van der Waals surface area contributed by atoms with Crippen LogP contribution >= 0.6 is 0 Å². The van der Waals surface area contributed by atoms with Gasteiger partial charge in [0.2, 0.25) is 0 Å². The van der Waals surface area contributed by atoms with E-state index in [0.29, 0.717) is 30.6 Å². The first-order valence-electron chi connectivity index (χ1n) is 15.6. The van der Waals surface area contributed by atoms with Crippen molar-refractivity contribution in [3.63, 3.8) is 0 Å². The van der Waals surface area contributed by atoms with E-state index in [1.165, 1.54) is 5.56 Å². The largest absolute Gasteiger partial charge is 0.508 e. The van der Waals surface area contributed by atoms with E-state index >= 15 is 0 Å². The molecule has 3 aliphatic rings. The van der Waals surface area contributed by atoms with E-state index < -0.39 is 35.7 Å². The molecule has 1 aromatic carbocycles. The van der Waals surface area contributed by atoms with Crippen molar-refractivity contribution in [2.75, 3.05) is 5.75 Å². The summed E-state index contributed by atoms with van der Waals surface area (Å²) in [5.41, 5.74) is 2.31. The van der Waals surface area contributed by atoms with Crippen LogP contribution in [0, 0.1) is 23.2 Å². The van der Waals surface area contributed by atoms with E-state index in [1.807, 2.05) is 6.07 Å². The lowest BCUT2D eigenvalue weighted by molar-refractivity contribution is -0.284. The molecule has 4 rings (SSSR count). The molecule has 3 nitrogen and oxygen atoms in total. The molecule has 2 fully saturated rings. The second-order valence-electron chi connectivity index (χ2n) is 13.2. The van der Waals surface area contributed by atoms with Crippen LogP contribution in [0.4, 0.5) is 22.0 Å². The standard InChI is InChI=1S/C32H47F5O3S/c1-3-4-5-6-8-24(41(40)18-7-16-31(33,34)32(35,36)37)11-9-21-19-22-20-23(38)10-12-25(22)26-15-17-30(2)27(29(21)26)13-14-28(30)39/h10,12,20-21,24,26-29,38-39H,3-9,11,13-19H2,1-2H3/t21-,24?,26-,27+,28+,29-,30+,41?/m1/s1. The van der Waals surface area contributed by atoms with Crippen LogP contribution in [0.25, 0.3) is 0 Å². The SMILES string of the molecule is CCCCCCC(CC[C@@H]1Cc2cc(O)ccc2[C@H]2CC[C@]3(C)[C@@H](O)CC[C@H]3[C@H]12)S(=O)CCCC(F)(F)C(F)(F)F. The zero-order chi connectivity index (χ0) is 30.0. The van der Waals surface area contributed by atoms with Gasteiger partial charge in [-0.05, 0) is 110 Å². The molecule has 234 valence electrons. The van der Waals surface area contributed by atoms with Crippen LogP contribution in [-0.2, 0) is 17.2 Å². The third-order valence-corrected chi connectivity index (χ3v) is 12.6. The van der Waals surface area contributed by atoms with Gasteiger partial charge >= 0.3 is 12.1 Å². The number of alkyl halides is 5. The Bertz CT molecular complexity index is 1050. The minimum absolute atomic E-state index is 0.125. The van der Waals surface area contributed by atoms with Crippen molar-refractivity contribution in [3.05, 3.63) is 29.3 Å². The Labute approximate surface area is 244 Å². The van der Waals surface area contributed by atoms with Gasteiger partial charge in [-0.1, -0.05) is 45.6 Å². The summed E-state index contributed by atoms with van der Waals surface area (Å²) in [6.45, 7) is 4.32. The molecule has 0 aromatic heterocycles. The highest BCUT2D eigenvalue weighted by molar-refractivity contribution is 7.85. The first-order valence-corrected chi connectivity index (χ1v) is 17.0. The van der Waals surface area contributed by atoms with Gasteiger partial charge in [-0.2, -0.15) is 22.0 Å². The predicted molar refractivity (Wildman–Crippen MR) is 153 cm³/mol. The van der Waals surface area contributed by atoms with E-state index in [4.69, 9.17) is 0 Å². The fraction of sp³-hybridized carbons (Fsp3) is 0.812. The van der Waals surface area contributed by atoms with Crippen molar-refractivity contribution in [2.45, 2.75) is 133 Å². The molecule has 2 N–H and O–H groups in total. The van der Waals surface area contributed by atoms with Crippen molar-refractivity contribution in [3.8, 4) is 5.75 Å². The number of unbranched alkanes of at least 4 members (excludes halogenated alkanes) is 3. The number of aliphatic hydroxyl groups is 1. The molecule has 3 aliphatic carbocycles. The average molecular weight is 607 g/mol. The zero-order valence-electron chi connectivity index (χ0n) is 24.4. The number of hydrogen-bond donors (Lipinski definition) is 2. The van der Waals surface area contributed by atoms with E-state index in [2.05, 4.69) is 19.9 Å². The second-order valence-corrected chi connectivity index (χ2v) is 15.1. The highest BCUT2D eigenvalue weighted by Crippen LogP contribution is 2.62. The minimum Gasteiger partial charge on any atom is -0.508 e. The van der Waals surface area contributed by atoms with Crippen LogP contribution in [0.2, 0.25) is 0 Å². The van der Waals surface area contributed by atoms with Gasteiger partial charge in [-0.25, -0.2) is 0 Å². The molecular formula is C32H47F5O3S. The molecule has 0 bridgehead atoms. The van der Waals surface area contributed by atoms with Crippen LogP contribution in [0.5, 0.6) is 5.75 Å². The summed E-state index contributed by atoms with van der Waals surface area (Å²) >= 11 is 0. The van der Waals surface area contributed by atoms with Crippen molar-refractivity contribution < 1.29 is 36.4 Å². The summed E-state index contributed by atoms with van der Waals surface area (Å²) in [6.07, 6.45) is 2.89. The number of aliphatic hydroxyl groups excluding tert-OH is 1. The maximum absolute atomic E-state index is 13.5. The highest BCUT2D eigenvalue weighted by atomic mass is 32.2. The molecule has 0 radical (unpaired) electrons. The van der Waals surface area contributed by atoms with E-state index in [9.17, 15) is 36.4 Å². The number of rotatable bonds is 13. The molecule has 0 amide bonds. The van der Waals surface area contributed by atoms with Gasteiger partial charge in [0, 0.05) is 28.2 Å². The summed E-state index contributed by atoms with van der Waals surface area (Å²) in [6, 6.07) is 5.66. The lowest BCUT2D eigenvalue weighted by Gasteiger charge is -2.53. The Balaban J connectivity index is 1.49. The van der Waals surface area contributed by atoms with Crippen LogP contribution in [0.15, 0.2) is 18.2 Å². The normalized spacial score (nSPS) is 31.3. The zero-order valence-corrected chi connectivity index (χ0v) is 25.2. The number of halogens is 5. The van der Waals surface area contributed by atoms with Crippen LogP contribution in [0.3, 0.4) is 0 Å². The number of phenolic OH excluding ortho intramolecular Hbond substituents is 1. The molecule has 41 heavy (non-hydrogen) atoms. The van der Waals surface area contributed by atoms with Gasteiger partial charge in [0.25, 0.3) is 0 Å². The third-order valence-electron chi connectivity index (χ3n) is 10.7. The smallest absolute Gasteiger partial charge is 0.453 e. The van der Waals surface area contributed by atoms with Gasteiger partial charge < -0.3 is 10.2 Å². The van der Waals surface area contributed by atoms with E-state index in [-0.39, 0.29) is 34.2 Å². The molecule has 0 spiro atoms. The summed E-state index contributed by atoms with van der Waals surface area (Å²) in [7, 11) is -1.49. The lowest BCUT2D eigenvalue weighted by atomic mass is 9.52. The average Bonchev–Trinajstić information content (AvgIpc) is 3.21. The topological polar surface area (TPSA) is 57.5 Å². The number of phenols is 1. The summed E-state index contributed by atoms with van der Waals surface area (Å²) < 4.78 is 78.2. The lowest BCUT2D eigenvalue weighted by Crippen LogP contribution is -2.47. The minimum atomic E-state index is -5.58. The molecule has 0 aliphatic heterocycles. The van der Waals surface area contributed by atoms with E-state index in [0.717, 1.165) is 69.8 Å². The molecular weight excluding hydrogens is 559 g/mol. The van der Waals surface area contributed by atoms with Crippen LogP contribution in [-0.4, -0.2) is 43.6 Å². The fourth-order valence-corrected chi connectivity index (χ4v) is 9.97. The summed E-state index contributed by atoms with van der Waals surface area (Å²) in [5, 5.41) is 20.9. The Morgan fingerprint density at radius 1 is 1.05 bits per heavy atom. The number of hydrogen-bond acceptors (Lipinski definition) is 3. The summed E-state index contributed by atoms with van der Waals surface area (Å²) in [4.78, 5) is 0. The second kappa shape index (κ2) is 13.2. The van der Waals surface area contributed by atoms with Crippen LogP contribution < -0.4 is 0 Å². The quantitative estimate of drug-likeness (QED) is 0.175. The van der Waals surface area contributed by atoms with E-state index in [1.54, 1.807) is 6.07 Å². The Kier molecular flexibility index (Phi) is 10.5. The van der Waals surface area contributed by atoms with Gasteiger partial charge in [0.1, 0.15) is 5.75 Å². The maximum atomic E-state index is 13.5. The van der Waals surface area contributed by atoms with Crippen molar-refractivity contribution in [1.82, 2.24) is 0 Å². The third kappa shape index (κ3) is 7.13. The number of aromatic hydroxyl groups is 1. The van der Waals surface area contributed by atoms with Gasteiger partial charge in [0.15, 0.2) is 0 Å². The van der Waals surface area contributed by atoms with Gasteiger partial charge in [0.05, 0.1) is 6.10 Å². The predicted octanol–water partition coefficient (Wildman–Crippen LogP) is 8.68. The fourth-order valence-electron chi connectivity index (χ4n) is 8.38. The first kappa shape index (κ1) is 32.7.